The van der Waals surface area contributed by atoms with Gasteiger partial charge < -0.3 is 10.2 Å². The third kappa shape index (κ3) is 4.25. The Bertz CT molecular complexity index is 977. The number of likely N-dealkylation sites (N-methyl/N-ethyl adjacent to an activating group) is 1. The first-order chi connectivity index (χ1) is 14.0. The van der Waals surface area contributed by atoms with Crippen molar-refractivity contribution in [2.75, 3.05) is 11.9 Å². The van der Waals surface area contributed by atoms with Crippen LogP contribution in [0.15, 0.2) is 52.3 Å². The molecule has 0 aromatic heterocycles. The van der Waals surface area contributed by atoms with E-state index in [9.17, 15) is 9.59 Å². The van der Waals surface area contributed by atoms with E-state index in [0.717, 1.165) is 34.6 Å². The lowest BCUT2D eigenvalue weighted by molar-refractivity contribution is -0.114. The number of hydrogen-bond acceptors (Lipinski definition) is 3. The normalized spacial score (nSPS) is 18.6. The number of thioether (sulfide) groups is 1. The lowest BCUT2D eigenvalue weighted by Crippen LogP contribution is -2.36. The summed E-state index contributed by atoms with van der Waals surface area (Å²) in [6.45, 7) is 2.04. The first kappa shape index (κ1) is 19.8. The van der Waals surface area contributed by atoms with Crippen molar-refractivity contribution in [1.29, 1.82) is 0 Å². The molecule has 150 valence electrons. The van der Waals surface area contributed by atoms with Gasteiger partial charge in [-0.3, -0.25) is 9.59 Å². The summed E-state index contributed by atoms with van der Waals surface area (Å²) in [7, 11) is 1.77. The molecular weight excluding hydrogens is 380 g/mol. The summed E-state index contributed by atoms with van der Waals surface area (Å²) < 4.78 is 0. The highest BCUT2D eigenvalue weighted by atomic mass is 32.2. The van der Waals surface area contributed by atoms with Gasteiger partial charge in [0.05, 0.1) is 10.6 Å². The molecule has 1 N–H and O–H groups in total. The standard InChI is InChI=1S/C24H26N2O2S/c1-16-8-6-7-9-17(16)15-22-24(28)26(2)20-14-18(12-13-21(20)29-22)23(27)25-19-10-4-3-5-11-19/h6-9,12-15,19H,3-5,10-11H2,1-2H3,(H,25,27). The van der Waals surface area contributed by atoms with Crippen LogP contribution >= 0.6 is 11.8 Å². The van der Waals surface area contributed by atoms with Gasteiger partial charge in [-0.15, -0.1) is 0 Å². The fourth-order valence-corrected chi connectivity index (χ4v) is 5.02. The number of carbonyl (C=O) groups is 2. The van der Waals surface area contributed by atoms with E-state index in [-0.39, 0.29) is 17.9 Å². The molecule has 4 nitrogen and oxygen atoms in total. The van der Waals surface area contributed by atoms with Crippen molar-refractivity contribution in [3.63, 3.8) is 0 Å². The molecule has 4 rings (SSSR count). The monoisotopic (exact) mass is 406 g/mol. The maximum atomic E-state index is 12.9. The maximum absolute atomic E-state index is 12.9. The molecule has 0 bridgehead atoms. The highest BCUT2D eigenvalue weighted by Crippen LogP contribution is 2.42. The minimum atomic E-state index is -0.0493. The molecule has 2 amide bonds. The Labute approximate surface area is 176 Å². The van der Waals surface area contributed by atoms with Gasteiger partial charge in [-0.25, -0.2) is 0 Å². The molecule has 0 atom stereocenters. The van der Waals surface area contributed by atoms with Crippen LogP contribution in [0.2, 0.25) is 0 Å². The van der Waals surface area contributed by atoms with Gasteiger partial charge in [0.1, 0.15) is 0 Å². The summed E-state index contributed by atoms with van der Waals surface area (Å²) in [5, 5.41) is 3.16. The fraction of sp³-hybridized carbons (Fsp3) is 0.333. The van der Waals surface area contributed by atoms with Gasteiger partial charge in [0.15, 0.2) is 0 Å². The Kier molecular flexibility index (Phi) is 5.76. The van der Waals surface area contributed by atoms with Crippen molar-refractivity contribution < 1.29 is 9.59 Å². The number of hydrogen-bond donors (Lipinski definition) is 1. The second-order valence-electron chi connectivity index (χ2n) is 7.82. The SMILES string of the molecule is Cc1ccccc1C=C1Sc2ccc(C(=O)NC3CCCCC3)cc2N(C)C1=O. The molecule has 0 radical (unpaired) electrons. The van der Waals surface area contributed by atoms with Gasteiger partial charge in [-0.05, 0) is 55.2 Å². The van der Waals surface area contributed by atoms with Crippen LogP contribution < -0.4 is 10.2 Å². The number of nitrogens with zero attached hydrogens (tertiary/aromatic N) is 1. The van der Waals surface area contributed by atoms with Gasteiger partial charge in [0.25, 0.3) is 11.8 Å². The van der Waals surface area contributed by atoms with Gasteiger partial charge in [-0.1, -0.05) is 55.3 Å². The highest BCUT2D eigenvalue weighted by molar-refractivity contribution is 8.04. The molecule has 1 aliphatic carbocycles. The predicted molar refractivity (Wildman–Crippen MR) is 119 cm³/mol. The number of amides is 2. The van der Waals surface area contributed by atoms with Gasteiger partial charge in [0.2, 0.25) is 0 Å². The van der Waals surface area contributed by atoms with E-state index in [1.165, 1.54) is 31.0 Å². The summed E-state index contributed by atoms with van der Waals surface area (Å²) in [5.74, 6) is -0.0950. The molecule has 1 fully saturated rings. The zero-order valence-electron chi connectivity index (χ0n) is 16.9. The molecule has 1 saturated carbocycles. The van der Waals surface area contributed by atoms with Crippen LogP contribution in [0.3, 0.4) is 0 Å². The molecular formula is C24H26N2O2S. The van der Waals surface area contributed by atoms with Crippen molar-refractivity contribution in [3.8, 4) is 0 Å². The number of rotatable bonds is 3. The summed E-state index contributed by atoms with van der Waals surface area (Å²) in [6, 6.07) is 13.9. The van der Waals surface area contributed by atoms with Gasteiger partial charge >= 0.3 is 0 Å². The predicted octanol–water partition coefficient (Wildman–Crippen LogP) is 5.17. The van der Waals surface area contributed by atoms with E-state index in [2.05, 4.69) is 5.32 Å². The minimum Gasteiger partial charge on any atom is -0.349 e. The zero-order valence-corrected chi connectivity index (χ0v) is 17.7. The topological polar surface area (TPSA) is 49.4 Å². The molecule has 1 heterocycles. The van der Waals surface area contributed by atoms with E-state index >= 15 is 0 Å². The number of nitrogens with one attached hydrogen (secondary N) is 1. The Balaban J connectivity index is 1.57. The lowest BCUT2D eigenvalue weighted by atomic mass is 9.95. The molecule has 0 spiro atoms. The van der Waals surface area contributed by atoms with Crippen LogP contribution in [0.1, 0.15) is 53.6 Å². The fourth-order valence-electron chi connectivity index (χ4n) is 3.94. The third-order valence-electron chi connectivity index (χ3n) is 5.73. The van der Waals surface area contributed by atoms with Crippen molar-refractivity contribution in [2.24, 2.45) is 0 Å². The van der Waals surface area contributed by atoms with Crippen LogP contribution in [-0.2, 0) is 4.79 Å². The Morgan fingerprint density at radius 3 is 2.66 bits per heavy atom. The second-order valence-corrected chi connectivity index (χ2v) is 8.91. The van der Waals surface area contributed by atoms with Crippen molar-refractivity contribution in [2.45, 2.75) is 50.0 Å². The quantitative estimate of drug-likeness (QED) is 0.716. The largest absolute Gasteiger partial charge is 0.349 e. The van der Waals surface area contributed by atoms with Gasteiger partial charge in [-0.2, -0.15) is 0 Å². The molecule has 2 aromatic carbocycles. The molecule has 29 heavy (non-hydrogen) atoms. The smallest absolute Gasteiger partial charge is 0.264 e. The van der Waals surface area contributed by atoms with Crippen LogP contribution in [0.4, 0.5) is 5.69 Å². The zero-order chi connectivity index (χ0) is 20.4. The highest BCUT2D eigenvalue weighted by Gasteiger charge is 2.28. The number of fused-ring (bicyclic) bond motifs is 1. The molecule has 1 aliphatic heterocycles. The van der Waals surface area contributed by atoms with E-state index < -0.39 is 0 Å². The molecule has 0 unspecified atom stereocenters. The lowest BCUT2D eigenvalue weighted by Gasteiger charge is -2.28. The van der Waals surface area contributed by atoms with E-state index in [4.69, 9.17) is 0 Å². The number of carbonyl (C=O) groups excluding carboxylic acids is 2. The first-order valence-electron chi connectivity index (χ1n) is 10.2. The maximum Gasteiger partial charge on any atom is 0.264 e. The number of benzene rings is 2. The van der Waals surface area contributed by atoms with E-state index in [1.807, 2.05) is 55.5 Å². The Hall–Kier alpha value is -2.53. The summed E-state index contributed by atoms with van der Waals surface area (Å²) >= 11 is 1.47. The van der Waals surface area contributed by atoms with Crippen LogP contribution in [0.5, 0.6) is 0 Å². The minimum absolute atomic E-state index is 0.0457. The average molecular weight is 407 g/mol. The van der Waals surface area contributed by atoms with Gasteiger partial charge in [0, 0.05) is 23.5 Å². The van der Waals surface area contributed by atoms with Crippen LogP contribution in [0, 0.1) is 6.92 Å². The van der Waals surface area contributed by atoms with E-state index in [1.54, 1.807) is 11.9 Å². The summed E-state index contributed by atoms with van der Waals surface area (Å²) in [5.41, 5.74) is 3.58. The third-order valence-corrected chi connectivity index (χ3v) is 6.81. The molecule has 5 heteroatoms. The number of anilines is 1. The Morgan fingerprint density at radius 1 is 1.14 bits per heavy atom. The van der Waals surface area contributed by atoms with Crippen molar-refractivity contribution in [1.82, 2.24) is 5.32 Å². The molecule has 2 aliphatic rings. The summed E-state index contributed by atoms with van der Waals surface area (Å²) in [4.78, 5) is 29.0. The molecule has 0 saturated heterocycles. The van der Waals surface area contributed by atoms with Crippen molar-refractivity contribution in [3.05, 3.63) is 64.1 Å². The average Bonchev–Trinajstić information content (AvgIpc) is 2.74. The molecule has 2 aromatic rings. The van der Waals surface area contributed by atoms with Crippen molar-refractivity contribution >= 4 is 35.3 Å². The Morgan fingerprint density at radius 2 is 1.90 bits per heavy atom. The second kappa shape index (κ2) is 8.46. The van der Waals surface area contributed by atoms with Crippen LogP contribution in [-0.4, -0.2) is 24.9 Å². The number of aryl methyl sites for hydroxylation is 1. The van der Waals surface area contributed by atoms with E-state index in [0.29, 0.717) is 10.5 Å². The summed E-state index contributed by atoms with van der Waals surface area (Å²) in [6.07, 6.45) is 7.67. The first-order valence-corrected chi connectivity index (χ1v) is 11.0. The van der Waals surface area contributed by atoms with Crippen LogP contribution in [0.25, 0.3) is 6.08 Å².